The average molecular weight is 297 g/mol. The van der Waals surface area contributed by atoms with Crippen molar-refractivity contribution in [3.05, 3.63) is 34.3 Å². The van der Waals surface area contributed by atoms with Crippen molar-refractivity contribution in [3.8, 4) is 0 Å². The van der Waals surface area contributed by atoms with Crippen LogP contribution in [0.5, 0.6) is 0 Å². The summed E-state index contributed by atoms with van der Waals surface area (Å²) in [5.74, 6) is -0.0164. The highest BCUT2D eigenvalue weighted by Crippen LogP contribution is 2.22. The van der Waals surface area contributed by atoms with Gasteiger partial charge in [-0.2, -0.15) is 0 Å². The van der Waals surface area contributed by atoms with Gasteiger partial charge in [0.25, 0.3) is 5.91 Å². The van der Waals surface area contributed by atoms with E-state index in [1.807, 2.05) is 13.0 Å². The van der Waals surface area contributed by atoms with Gasteiger partial charge in [0.2, 0.25) is 0 Å². The maximum absolute atomic E-state index is 12.5. The van der Waals surface area contributed by atoms with Crippen molar-refractivity contribution in [2.24, 2.45) is 5.73 Å². The van der Waals surface area contributed by atoms with E-state index in [9.17, 15) is 4.79 Å². The summed E-state index contributed by atoms with van der Waals surface area (Å²) < 4.78 is 0. The van der Waals surface area contributed by atoms with Crippen molar-refractivity contribution in [2.75, 3.05) is 6.54 Å². The van der Waals surface area contributed by atoms with Gasteiger partial charge < -0.3 is 10.6 Å². The molecule has 0 aromatic heterocycles. The molecular weight excluding hydrogens is 280 g/mol. The highest BCUT2D eigenvalue weighted by atomic mass is 35.5. The zero-order valence-corrected chi connectivity index (χ0v) is 12.4. The topological polar surface area (TPSA) is 46.3 Å². The Morgan fingerprint density at radius 2 is 2.21 bits per heavy atom. The molecule has 1 aliphatic rings. The summed E-state index contributed by atoms with van der Waals surface area (Å²) in [6, 6.07) is 5.20. The lowest BCUT2D eigenvalue weighted by atomic mass is 10.0. The first kappa shape index (κ1) is 14.3. The summed E-state index contributed by atoms with van der Waals surface area (Å²) in [6.07, 6.45) is 2.91. The lowest BCUT2D eigenvalue weighted by Crippen LogP contribution is -2.49. The molecule has 1 unspecified atom stereocenters. The molecule has 1 aromatic rings. The number of nitrogens with zero attached hydrogens (tertiary/aromatic N) is 1. The van der Waals surface area contributed by atoms with E-state index < -0.39 is 0 Å². The molecular formula is C14H17ClN2OS. The van der Waals surface area contributed by atoms with Crippen LogP contribution in [0.4, 0.5) is 0 Å². The van der Waals surface area contributed by atoms with Gasteiger partial charge in [-0.15, -0.1) is 0 Å². The number of carbonyl (C=O) groups is 1. The van der Waals surface area contributed by atoms with E-state index in [0.29, 0.717) is 22.1 Å². The van der Waals surface area contributed by atoms with Crippen LogP contribution in [0, 0.1) is 6.92 Å². The average Bonchev–Trinajstić information content (AvgIpc) is 2.41. The van der Waals surface area contributed by atoms with Crippen molar-refractivity contribution in [1.29, 1.82) is 0 Å². The minimum absolute atomic E-state index is 0.0164. The van der Waals surface area contributed by atoms with E-state index in [1.54, 1.807) is 17.0 Å². The Hall–Kier alpha value is -1.13. The van der Waals surface area contributed by atoms with Gasteiger partial charge in [0.15, 0.2) is 0 Å². The highest BCUT2D eigenvalue weighted by Gasteiger charge is 2.29. The van der Waals surface area contributed by atoms with Gasteiger partial charge in [-0.25, -0.2) is 0 Å². The Labute approximate surface area is 123 Å². The molecule has 1 fully saturated rings. The van der Waals surface area contributed by atoms with E-state index in [0.717, 1.165) is 24.8 Å². The summed E-state index contributed by atoms with van der Waals surface area (Å²) in [6.45, 7) is 2.60. The molecule has 0 radical (unpaired) electrons. The number of amides is 1. The largest absolute Gasteiger partial charge is 0.392 e. The first-order valence-corrected chi connectivity index (χ1v) is 7.16. The fraction of sp³-hybridized carbons (Fsp3) is 0.429. The van der Waals surface area contributed by atoms with Gasteiger partial charge in [-0.1, -0.05) is 23.8 Å². The number of nitrogens with two attached hydrogens (primary N) is 1. The predicted octanol–water partition coefficient (Wildman–Crippen LogP) is 2.93. The Bertz CT molecular complexity index is 518. The van der Waals surface area contributed by atoms with Gasteiger partial charge in [-0.3, -0.25) is 4.79 Å². The van der Waals surface area contributed by atoms with E-state index >= 15 is 0 Å². The fourth-order valence-electron chi connectivity index (χ4n) is 2.41. The first-order valence-electron chi connectivity index (χ1n) is 6.37. The number of piperidine rings is 1. The van der Waals surface area contributed by atoms with E-state index in [-0.39, 0.29) is 11.9 Å². The second kappa shape index (κ2) is 5.88. The Morgan fingerprint density at radius 3 is 2.84 bits per heavy atom. The van der Waals surface area contributed by atoms with E-state index in [2.05, 4.69) is 0 Å². The summed E-state index contributed by atoms with van der Waals surface area (Å²) in [5.41, 5.74) is 7.29. The molecule has 2 rings (SSSR count). The summed E-state index contributed by atoms with van der Waals surface area (Å²) in [4.78, 5) is 14.7. The Balaban J connectivity index is 2.26. The number of hydrogen-bond acceptors (Lipinski definition) is 2. The van der Waals surface area contributed by atoms with Crippen molar-refractivity contribution < 1.29 is 4.79 Å². The minimum atomic E-state index is -0.118. The van der Waals surface area contributed by atoms with Crippen molar-refractivity contribution in [1.82, 2.24) is 4.90 Å². The Kier molecular flexibility index (Phi) is 4.42. The summed E-state index contributed by atoms with van der Waals surface area (Å²) in [7, 11) is 0. The molecule has 2 N–H and O–H groups in total. The molecule has 1 aliphatic heterocycles. The second-order valence-corrected chi connectivity index (χ2v) is 5.76. The number of likely N-dealkylation sites (tertiary alicyclic amines) is 1. The molecule has 1 aromatic carbocycles. The van der Waals surface area contributed by atoms with Crippen LogP contribution in [0.1, 0.15) is 35.2 Å². The van der Waals surface area contributed by atoms with Gasteiger partial charge in [0.1, 0.15) is 0 Å². The second-order valence-electron chi connectivity index (χ2n) is 4.88. The lowest BCUT2D eigenvalue weighted by Gasteiger charge is -2.35. The molecule has 1 atom stereocenters. The van der Waals surface area contributed by atoms with Crippen LogP contribution < -0.4 is 5.73 Å². The summed E-state index contributed by atoms with van der Waals surface area (Å²) in [5, 5.41) is 0.668. The van der Waals surface area contributed by atoms with Crippen molar-refractivity contribution in [3.63, 3.8) is 0 Å². The third-order valence-corrected chi connectivity index (χ3v) is 4.19. The number of hydrogen-bond donors (Lipinski definition) is 1. The minimum Gasteiger partial charge on any atom is -0.392 e. The van der Waals surface area contributed by atoms with Crippen LogP contribution in [0.15, 0.2) is 18.2 Å². The standard InChI is InChI=1S/C14H17ClN2OS/c1-9-8-10(5-6-11(9)15)14(18)17-7-3-2-4-12(17)13(16)19/h5-6,8,12H,2-4,7H2,1H3,(H2,16,19). The molecule has 19 heavy (non-hydrogen) atoms. The number of aryl methyl sites for hydroxylation is 1. The number of rotatable bonds is 2. The maximum atomic E-state index is 12.5. The van der Waals surface area contributed by atoms with Crippen LogP contribution >= 0.6 is 23.8 Å². The van der Waals surface area contributed by atoms with Gasteiger partial charge in [-0.05, 0) is 49.9 Å². The van der Waals surface area contributed by atoms with Gasteiger partial charge >= 0.3 is 0 Å². The molecule has 1 amide bonds. The molecule has 0 bridgehead atoms. The number of carbonyl (C=O) groups excluding carboxylic acids is 1. The van der Waals surface area contributed by atoms with E-state index in [1.165, 1.54) is 0 Å². The predicted molar refractivity (Wildman–Crippen MR) is 81.6 cm³/mol. The normalized spacial score (nSPS) is 19.3. The highest BCUT2D eigenvalue weighted by molar-refractivity contribution is 7.80. The van der Waals surface area contributed by atoms with Crippen LogP contribution in [0.3, 0.4) is 0 Å². The van der Waals surface area contributed by atoms with Crippen LogP contribution in [-0.2, 0) is 0 Å². The zero-order chi connectivity index (χ0) is 14.0. The molecule has 0 spiro atoms. The van der Waals surface area contributed by atoms with Crippen molar-refractivity contribution >= 4 is 34.7 Å². The van der Waals surface area contributed by atoms with Crippen LogP contribution in [0.25, 0.3) is 0 Å². The molecule has 0 aliphatic carbocycles. The number of benzene rings is 1. The van der Waals surface area contributed by atoms with Crippen LogP contribution in [-0.4, -0.2) is 28.4 Å². The van der Waals surface area contributed by atoms with Gasteiger partial charge in [0, 0.05) is 17.1 Å². The maximum Gasteiger partial charge on any atom is 0.254 e. The molecule has 5 heteroatoms. The zero-order valence-electron chi connectivity index (χ0n) is 10.9. The quantitative estimate of drug-likeness (QED) is 0.854. The fourth-order valence-corrected chi connectivity index (χ4v) is 2.78. The molecule has 1 saturated heterocycles. The first-order chi connectivity index (χ1) is 9.00. The van der Waals surface area contributed by atoms with Gasteiger partial charge in [0.05, 0.1) is 11.0 Å². The number of thiocarbonyl (C=S) groups is 1. The lowest BCUT2D eigenvalue weighted by molar-refractivity contribution is 0.0681. The Morgan fingerprint density at radius 1 is 1.47 bits per heavy atom. The molecule has 0 saturated carbocycles. The van der Waals surface area contributed by atoms with Crippen LogP contribution in [0.2, 0.25) is 5.02 Å². The molecule has 102 valence electrons. The summed E-state index contributed by atoms with van der Waals surface area (Å²) >= 11 is 11.1. The SMILES string of the molecule is Cc1cc(C(=O)N2CCCCC2C(N)=S)ccc1Cl. The third kappa shape index (κ3) is 3.07. The molecule has 3 nitrogen and oxygen atoms in total. The monoisotopic (exact) mass is 296 g/mol. The van der Waals surface area contributed by atoms with E-state index in [4.69, 9.17) is 29.6 Å². The third-order valence-electron chi connectivity index (χ3n) is 3.50. The van der Waals surface area contributed by atoms with Crippen molar-refractivity contribution in [2.45, 2.75) is 32.2 Å². The number of halogens is 1. The molecule has 1 heterocycles. The smallest absolute Gasteiger partial charge is 0.254 e.